The highest BCUT2D eigenvalue weighted by Gasteiger charge is 2.21. The van der Waals surface area contributed by atoms with Crippen molar-refractivity contribution in [1.29, 1.82) is 0 Å². The Hall–Kier alpha value is -2.61. The van der Waals surface area contributed by atoms with Crippen LogP contribution in [0, 0.1) is 0 Å². The van der Waals surface area contributed by atoms with E-state index in [1.165, 1.54) is 6.33 Å². The van der Waals surface area contributed by atoms with Crippen LogP contribution in [0.5, 0.6) is 11.5 Å². The molecule has 0 aliphatic carbocycles. The maximum atomic E-state index is 12.8. The summed E-state index contributed by atoms with van der Waals surface area (Å²) in [5.74, 6) is 1.39. The Morgan fingerprint density at radius 2 is 2.00 bits per heavy atom. The fraction of sp³-hybridized carbons (Fsp3) is 0.526. The van der Waals surface area contributed by atoms with Crippen molar-refractivity contribution in [2.45, 2.75) is 38.9 Å². The summed E-state index contributed by atoms with van der Waals surface area (Å²) >= 11 is 0. The third kappa shape index (κ3) is 5.96. The second-order valence-electron chi connectivity index (χ2n) is 6.28. The number of rotatable bonds is 11. The van der Waals surface area contributed by atoms with Gasteiger partial charge in [0.25, 0.3) is 0 Å². The number of aromatic nitrogens is 3. The van der Waals surface area contributed by atoms with Crippen molar-refractivity contribution in [3.05, 3.63) is 36.4 Å². The molecule has 2 aromatic rings. The van der Waals surface area contributed by atoms with E-state index in [9.17, 15) is 4.79 Å². The van der Waals surface area contributed by atoms with E-state index in [1.54, 1.807) is 32.3 Å². The van der Waals surface area contributed by atoms with E-state index in [0.717, 1.165) is 5.56 Å². The van der Waals surface area contributed by atoms with Crippen molar-refractivity contribution < 1.29 is 19.0 Å². The topological polar surface area (TPSA) is 78.7 Å². The number of nitrogens with zero attached hydrogens (tertiary/aromatic N) is 4. The molecular formula is C19H28N4O4. The van der Waals surface area contributed by atoms with Crippen molar-refractivity contribution >= 4 is 5.91 Å². The Kier molecular flexibility index (Phi) is 8.06. The number of amides is 1. The Labute approximate surface area is 160 Å². The lowest BCUT2D eigenvalue weighted by atomic mass is 10.1. The number of carbonyl (C=O) groups excluding carboxylic acids is 1. The Morgan fingerprint density at radius 1 is 1.22 bits per heavy atom. The van der Waals surface area contributed by atoms with E-state index in [2.05, 4.69) is 10.1 Å². The van der Waals surface area contributed by atoms with Gasteiger partial charge in [-0.2, -0.15) is 5.10 Å². The van der Waals surface area contributed by atoms with Crippen molar-refractivity contribution in [2.24, 2.45) is 0 Å². The molecule has 0 fully saturated rings. The lowest BCUT2D eigenvalue weighted by molar-refractivity contribution is -0.135. The summed E-state index contributed by atoms with van der Waals surface area (Å²) in [5.41, 5.74) is 0.972. The molecule has 1 atom stereocenters. The standard InChI is InChI=1S/C19H28N4O4/c1-15(12-25-2)23(19(24)6-5-9-22-14-20-13-21-22)11-16-7-8-17(26-3)18(10-16)27-4/h7-8,10,13-15H,5-6,9,11-12H2,1-4H3/t15-/m1/s1. The Balaban J connectivity index is 2.05. The van der Waals surface area contributed by atoms with Gasteiger partial charge in [0.1, 0.15) is 12.7 Å². The van der Waals surface area contributed by atoms with Crippen molar-refractivity contribution in [3.8, 4) is 11.5 Å². The average Bonchev–Trinajstić information content (AvgIpc) is 3.19. The minimum Gasteiger partial charge on any atom is -0.493 e. The number of methoxy groups -OCH3 is 3. The molecule has 1 aromatic carbocycles. The van der Waals surface area contributed by atoms with Gasteiger partial charge in [-0.05, 0) is 31.0 Å². The molecule has 0 aliphatic heterocycles. The first kappa shape index (κ1) is 20.7. The van der Waals surface area contributed by atoms with Crippen molar-refractivity contribution in [2.75, 3.05) is 27.9 Å². The van der Waals surface area contributed by atoms with Crippen LogP contribution in [-0.2, 0) is 22.6 Å². The molecule has 0 bridgehead atoms. The molecule has 1 heterocycles. The van der Waals surface area contributed by atoms with Gasteiger partial charge in [0, 0.05) is 26.6 Å². The normalized spacial score (nSPS) is 11.9. The molecule has 8 heteroatoms. The Morgan fingerprint density at radius 3 is 2.63 bits per heavy atom. The predicted molar refractivity (Wildman–Crippen MR) is 101 cm³/mol. The highest BCUT2D eigenvalue weighted by Crippen LogP contribution is 2.28. The molecule has 1 aromatic heterocycles. The lowest BCUT2D eigenvalue weighted by Crippen LogP contribution is -2.40. The molecule has 27 heavy (non-hydrogen) atoms. The summed E-state index contributed by atoms with van der Waals surface area (Å²) in [5, 5.41) is 4.06. The summed E-state index contributed by atoms with van der Waals surface area (Å²) in [4.78, 5) is 18.6. The number of hydrogen-bond donors (Lipinski definition) is 0. The van der Waals surface area contributed by atoms with Crippen molar-refractivity contribution in [1.82, 2.24) is 19.7 Å². The van der Waals surface area contributed by atoms with E-state index in [4.69, 9.17) is 14.2 Å². The smallest absolute Gasteiger partial charge is 0.223 e. The molecule has 0 unspecified atom stereocenters. The summed E-state index contributed by atoms with van der Waals surface area (Å²) < 4.78 is 17.6. The fourth-order valence-electron chi connectivity index (χ4n) is 2.88. The number of carbonyl (C=O) groups is 1. The first-order valence-corrected chi connectivity index (χ1v) is 8.90. The summed E-state index contributed by atoms with van der Waals surface area (Å²) in [6.45, 7) is 3.60. The van der Waals surface area contributed by atoms with Gasteiger partial charge < -0.3 is 19.1 Å². The van der Waals surface area contributed by atoms with Gasteiger partial charge in [-0.25, -0.2) is 4.98 Å². The molecule has 148 valence electrons. The molecular weight excluding hydrogens is 348 g/mol. The minimum atomic E-state index is -0.0398. The monoisotopic (exact) mass is 376 g/mol. The molecule has 1 amide bonds. The van der Waals surface area contributed by atoms with Crippen LogP contribution in [0.1, 0.15) is 25.3 Å². The van der Waals surface area contributed by atoms with Gasteiger partial charge in [-0.15, -0.1) is 0 Å². The number of ether oxygens (including phenoxy) is 3. The van der Waals surface area contributed by atoms with Gasteiger partial charge in [-0.1, -0.05) is 6.07 Å². The molecule has 0 saturated heterocycles. The van der Waals surface area contributed by atoms with Gasteiger partial charge in [-0.3, -0.25) is 9.48 Å². The molecule has 0 saturated carbocycles. The highest BCUT2D eigenvalue weighted by atomic mass is 16.5. The quantitative estimate of drug-likeness (QED) is 0.598. The van der Waals surface area contributed by atoms with Crippen LogP contribution in [0.2, 0.25) is 0 Å². The van der Waals surface area contributed by atoms with Crippen LogP contribution in [0.15, 0.2) is 30.9 Å². The Bertz CT molecular complexity index is 706. The summed E-state index contributed by atoms with van der Waals surface area (Å²) in [6, 6.07) is 5.65. The van der Waals surface area contributed by atoms with E-state index in [-0.39, 0.29) is 11.9 Å². The maximum absolute atomic E-state index is 12.8. The third-order valence-corrected chi connectivity index (χ3v) is 4.31. The van der Waals surface area contributed by atoms with E-state index >= 15 is 0 Å². The van der Waals surface area contributed by atoms with Crippen LogP contribution in [0.25, 0.3) is 0 Å². The molecule has 8 nitrogen and oxygen atoms in total. The number of benzene rings is 1. The second kappa shape index (κ2) is 10.5. The first-order valence-electron chi connectivity index (χ1n) is 8.90. The average molecular weight is 376 g/mol. The van der Waals surface area contributed by atoms with Crippen LogP contribution < -0.4 is 9.47 Å². The lowest BCUT2D eigenvalue weighted by Gasteiger charge is -2.29. The zero-order valence-corrected chi connectivity index (χ0v) is 16.4. The molecule has 0 aliphatic rings. The van der Waals surface area contributed by atoms with Gasteiger partial charge in [0.15, 0.2) is 11.5 Å². The number of aryl methyl sites for hydroxylation is 1. The largest absolute Gasteiger partial charge is 0.493 e. The van der Waals surface area contributed by atoms with E-state index in [0.29, 0.717) is 44.0 Å². The minimum absolute atomic E-state index is 0.0398. The van der Waals surface area contributed by atoms with Crippen LogP contribution in [0.3, 0.4) is 0 Å². The fourth-order valence-corrected chi connectivity index (χ4v) is 2.88. The zero-order chi connectivity index (χ0) is 19.6. The highest BCUT2D eigenvalue weighted by molar-refractivity contribution is 5.76. The van der Waals surface area contributed by atoms with Gasteiger partial charge in [0.2, 0.25) is 5.91 Å². The SMILES string of the molecule is COC[C@@H](C)N(Cc1ccc(OC)c(OC)c1)C(=O)CCCn1cncn1. The van der Waals surface area contributed by atoms with Crippen LogP contribution in [0.4, 0.5) is 0 Å². The van der Waals surface area contributed by atoms with Crippen LogP contribution >= 0.6 is 0 Å². The zero-order valence-electron chi connectivity index (χ0n) is 16.4. The first-order chi connectivity index (χ1) is 13.1. The van der Waals surface area contributed by atoms with E-state index < -0.39 is 0 Å². The molecule has 0 radical (unpaired) electrons. The predicted octanol–water partition coefficient (Wildman–Crippen LogP) is 2.14. The van der Waals surface area contributed by atoms with Crippen LogP contribution in [-0.4, -0.2) is 59.5 Å². The summed E-state index contributed by atoms with van der Waals surface area (Å²) in [7, 11) is 4.84. The van der Waals surface area contributed by atoms with E-state index in [1.807, 2.05) is 30.0 Å². The van der Waals surface area contributed by atoms with Gasteiger partial charge in [0.05, 0.1) is 26.9 Å². The molecule has 0 spiro atoms. The molecule has 2 rings (SSSR count). The molecule has 0 N–H and O–H groups in total. The van der Waals surface area contributed by atoms with Gasteiger partial charge >= 0.3 is 0 Å². The summed E-state index contributed by atoms with van der Waals surface area (Å²) in [6.07, 6.45) is 4.27. The number of hydrogen-bond acceptors (Lipinski definition) is 6. The third-order valence-electron chi connectivity index (χ3n) is 4.31. The van der Waals surface area contributed by atoms with Crippen molar-refractivity contribution in [3.63, 3.8) is 0 Å². The maximum Gasteiger partial charge on any atom is 0.223 e. The second-order valence-corrected chi connectivity index (χ2v) is 6.28.